The Morgan fingerprint density at radius 2 is 1.68 bits per heavy atom. The van der Waals surface area contributed by atoms with Crippen LogP contribution in [0.4, 0.5) is 4.39 Å². The molecule has 1 heterocycles. The fourth-order valence-electron chi connectivity index (χ4n) is 4.82. The molecule has 11 heteroatoms. The Kier molecular flexibility index (Phi) is 13.0. The quantitative estimate of drug-likeness (QED) is 0.503. The highest BCUT2D eigenvalue weighted by molar-refractivity contribution is 5.93. The molecular weight excluding hydrogens is 551 g/mol. The standard InChI is InChI=1S/C30H39FN4O4.ClH.H2O/c1-19-18-33-27(23-12-13-23)30(38)35(3)20(2)28(36)34-25(17-21-10-14-24(31)15-11-21)29(37)32-16-6-8-22-7-4-5-9-26(22)39-19;;/h4-5,7,9-11,14-15,19-20,23,25,27,33H,6,8,12-13,16-18H2,1-3H3,(H,32,37)(H,34,36);1H;1H2/t19-,20-,25-,27+;;/m1../s1. The van der Waals surface area contributed by atoms with Gasteiger partial charge in [0.05, 0.1) is 6.04 Å². The molecule has 4 rings (SSSR count). The molecule has 2 aromatic carbocycles. The molecule has 9 nitrogen and oxygen atoms in total. The Balaban J connectivity index is 0.00000294. The zero-order chi connectivity index (χ0) is 27.9. The molecule has 0 saturated heterocycles. The van der Waals surface area contributed by atoms with E-state index < -0.39 is 24.0 Å². The Hall–Kier alpha value is -3.21. The average Bonchev–Trinajstić information content (AvgIpc) is 3.76. The number of nitrogens with zero attached hydrogens (tertiary/aromatic N) is 1. The maximum atomic E-state index is 13.5. The van der Waals surface area contributed by atoms with Crippen LogP contribution in [0.3, 0.4) is 0 Å². The first-order valence-corrected chi connectivity index (χ1v) is 13.8. The first kappa shape index (κ1) is 34.0. The van der Waals surface area contributed by atoms with Crippen molar-refractivity contribution in [1.29, 1.82) is 0 Å². The van der Waals surface area contributed by atoms with Crippen LogP contribution in [-0.2, 0) is 27.2 Å². The van der Waals surface area contributed by atoms with Crippen LogP contribution in [0.25, 0.3) is 0 Å². The molecule has 4 atom stereocenters. The summed E-state index contributed by atoms with van der Waals surface area (Å²) in [6.07, 6.45) is 3.33. The van der Waals surface area contributed by atoms with E-state index in [-0.39, 0.29) is 54.0 Å². The number of ether oxygens (including phenoxy) is 1. The molecule has 41 heavy (non-hydrogen) atoms. The molecule has 0 unspecified atom stereocenters. The minimum Gasteiger partial charge on any atom is -0.489 e. The van der Waals surface area contributed by atoms with Crippen LogP contribution in [0.15, 0.2) is 48.5 Å². The number of benzene rings is 2. The lowest BCUT2D eigenvalue weighted by Crippen LogP contribution is -2.57. The van der Waals surface area contributed by atoms with E-state index in [4.69, 9.17) is 4.74 Å². The summed E-state index contributed by atoms with van der Waals surface area (Å²) in [5.74, 6) is -0.269. The van der Waals surface area contributed by atoms with Crippen LogP contribution in [0, 0.1) is 11.7 Å². The van der Waals surface area contributed by atoms with Gasteiger partial charge in [0, 0.05) is 26.6 Å². The van der Waals surface area contributed by atoms with Crippen molar-refractivity contribution in [3.63, 3.8) is 0 Å². The highest BCUT2D eigenvalue weighted by Crippen LogP contribution is 2.33. The highest BCUT2D eigenvalue weighted by atomic mass is 35.5. The van der Waals surface area contributed by atoms with Crippen molar-refractivity contribution in [2.75, 3.05) is 20.1 Å². The molecule has 2 aliphatic rings. The lowest BCUT2D eigenvalue weighted by molar-refractivity contribution is -0.141. The largest absolute Gasteiger partial charge is 0.489 e. The summed E-state index contributed by atoms with van der Waals surface area (Å²) in [7, 11) is 1.62. The van der Waals surface area contributed by atoms with Crippen molar-refractivity contribution in [2.45, 2.75) is 70.2 Å². The number of hydrogen-bond acceptors (Lipinski definition) is 5. The number of nitrogens with one attached hydrogen (secondary N) is 3. The monoisotopic (exact) mass is 592 g/mol. The molecule has 2 aromatic rings. The van der Waals surface area contributed by atoms with Gasteiger partial charge in [-0.25, -0.2) is 4.39 Å². The second-order valence-electron chi connectivity index (χ2n) is 10.7. The van der Waals surface area contributed by atoms with E-state index in [1.807, 2.05) is 31.2 Å². The summed E-state index contributed by atoms with van der Waals surface area (Å²) >= 11 is 0. The maximum absolute atomic E-state index is 13.5. The third-order valence-electron chi connectivity index (χ3n) is 7.50. The van der Waals surface area contributed by atoms with Gasteiger partial charge in [-0.3, -0.25) is 14.4 Å². The summed E-state index contributed by atoms with van der Waals surface area (Å²) in [6, 6.07) is 11.6. The molecule has 0 aromatic heterocycles. The summed E-state index contributed by atoms with van der Waals surface area (Å²) in [4.78, 5) is 41.4. The number of likely N-dealkylation sites (N-methyl/N-ethyl adjacent to an activating group) is 1. The summed E-state index contributed by atoms with van der Waals surface area (Å²) < 4.78 is 19.7. The lowest BCUT2D eigenvalue weighted by Gasteiger charge is -2.31. The molecule has 1 aliphatic heterocycles. The van der Waals surface area contributed by atoms with E-state index in [1.165, 1.54) is 17.0 Å². The van der Waals surface area contributed by atoms with Crippen molar-refractivity contribution in [2.24, 2.45) is 5.92 Å². The Morgan fingerprint density at radius 3 is 2.37 bits per heavy atom. The minimum absolute atomic E-state index is 0. The normalized spacial score (nSPS) is 24.7. The fourth-order valence-corrected chi connectivity index (χ4v) is 4.82. The van der Waals surface area contributed by atoms with E-state index in [9.17, 15) is 18.8 Å². The highest BCUT2D eigenvalue weighted by Gasteiger charge is 2.39. The topological polar surface area (TPSA) is 131 Å². The van der Waals surface area contributed by atoms with Gasteiger partial charge < -0.3 is 31.1 Å². The second-order valence-corrected chi connectivity index (χ2v) is 10.7. The Morgan fingerprint density at radius 1 is 1.00 bits per heavy atom. The maximum Gasteiger partial charge on any atom is 0.243 e. The third kappa shape index (κ3) is 9.41. The van der Waals surface area contributed by atoms with Crippen LogP contribution >= 0.6 is 12.4 Å². The lowest BCUT2D eigenvalue weighted by atomic mass is 10.0. The van der Waals surface area contributed by atoms with Crippen LogP contribution in [0.1, 0.15) is 44.2 Å². The van der Waals surface area contributed by atoms with Gasteiger partial charge >= 0.3 is 0 Å². The van der Waals surface area contributed by atoms with E-state index >= 15 is 0 Å². The van der Waals surface area contributed by atoms with Crippen LogP contribution < -0.4 is 20.7 Å². The average molecular weight is 593 g/mol. The number of aryl methyl sites for hydroxylation is 1. The fraction of sp³-hybridized carbons (Fsp3) is 0.500. The van der Waals surface area contributed by atoms with Crippen molar-refractivity contribution in [3.05, 3.63) is 65.5 Å². The Bertz CT molecular complexity index is 1160. The molecule has 0 spiro atoms. The van der Waals surface area contributed by atoms with Gasteiger partial charge in [0.25, 0.3) is 0 Å². The summed E-state index contributed by atoms with van der Waals surface area (Å²) in [5, 5.41) is 9.17. The van der Waals surface area contributed by atoms with Gasteiger partial charge in [-0.2, -0.15) is 0 Å². The summed E-state index contributed by atoms with van der Waals surface area (Å²) in [5.41, 5.74) is 1.76. The van der Waals surface area contributed by atoms with Crippen LogP contribution in [0.2, 0.25) is 0 Å². The van der Waals surface area contributed by atoms with Gasteiger partial charge in [0.1, 0.15) is 29.8 Å². The second kappa shape index (κ2) is 15.7. The molecule has 0 bridgehead atoms. The van der Waals surface area contributed by atoms with Crippen molar-refractivity contribution >= 4 is 30.1 Å². The van der Waals surface area contributed by atoms with Gasteiger partial charge in [0.2, 0.25) is 17.7 Å². The number of para-hydroxylation sites is 1. The van der Waals surface area contributed by atoms with E-state index in [1.54, 1.807) is 26.1 Å². The number of hydrogen-bond donors (Lipinski definition) is 3. The third-order valence-corrected chi connectivity index (χ3v) is 7.50. The SMILES string of the molecule is C[C@@H]1CN[C@@H](C2CC2)C(=O)N(C)[C@H](C)C(=O)N[C@H](Cc2ccc(F)cc2)C(=O)NCCCc2ccccc2O1.Cl.O. The van der Waals surface area contributed by atoms with Gasteiger partial charge in [-0.05, 0) is 74.8 Å². The van der Waals surface area contributed by atoms with E-state index in [2.05, 4.69) is 16.0 Å². The molecule has 1 aliphatic carbocycles. The number of rotatable bonds is 3. The van der Waals surface area contributed by atoms with Gasteiger partial charge in [-0.1, -0.05) is 30.3 Å². The number of fused-ring (bicyclic) bond motifs is 1. The Labute approximate surface area is 247 Å². The van der Waals surface area contributed by atoms with E-state index in [0.29, 0.717) is 31.5 Å². The number of carbonyl (C=O) groups is 3. The number of carbonyl (C=O) groups excluding carboxylic acids is 3. The predicted octanol–water partition coefficient (Wildman–Crippen LogP) is 2.20. The predicted molar refractivity (Wildman–Crippen MR) is 158 cm³/mol. The van der Waals surface area contributed by atoms with Crippen molar-refractivity contribution in [3.8, 4) is 5.75 Å². The minimum atomic E-state index is -0.873. The number of amides is 3. The summed E-state index contributed by atoms with van der Waals surface area (Å²) in [6.45, 7) is 4.53. The smallest absolute Gasteiger partial charge is 0.243 e. The zero-order valence-corrected chi connectivity index (χ0v) is 24.6. The van der Waals surface area contributed by atoms with Crippen molar-refractivity contribution in [1.82, 2.24) is 20.9 Å². The molecule has 1 saturated carbocycles. The van der Waals surface area contributed by atoms with Crippen LogP contribution in [-0.4, -0.2) is 72.5 Å². The zero-order valence-electron chi connectivity index (χ0n) is 23.8. The van der Waals surface area contributed by atoms with Gasteiger partial charge in [0.15, 0.2) is 0 Å². The molecule has 5 N–H and O–H groups in total. The molecule has 226 valence electrons. The molecular formula is C30H42ClFN4O5. The number of halogens is 2. The molecule has 3 amide bonds. The van der Waals surface area contributed by atoms with Crippen molar-refractivity contribution < 1.29 is 29.0 Å². The van der Waals surface area contributed by atoms with Gasteiger partial charge in [-0.15, -0.1) is 12.4 Å². The van der Waals surface area contributed by atoms with E-state index in [0.717, 1.165) is 24.2 Å². The first-order valence-electron chi connectivity index (χ1n) is 13.8. The molecule has 1 fully saturated rings. The molecule has 0 radical (unpaired) electrons. The van der Waals surface area contributed by atoms with Crippen LogP contribution in [0.5, 0.6) is 5.75 Å². The first-order chi connectivity index (χ1) is 18.7.